The maximum atomic E-state index is 12.4. The molecule has 28 heavy (non-hydrogen) atoms. The van der Waals surface area contributed by atoms with E-state index < -0.39 is 0 Å². The molecule has 0 bridgehead atoms. The van der Waals surface area contributed by atoms with Crippen LogP contribution in [0.5, 0.6) is 11.5 Å². The second-order valence-electron chi connectivity index (χ2n) is 6.04. The summed E-state index contributed by atoms with van der Waals surface area (Å²) in [4.78, 5) is 16.6. The summed E-state index contributed by atoms with van der Waals surface area (Å²) in [7, 11) is 1.62. The molecule has 0 atom stereocenters. The maximum absolute atomic E-state index is 12.4. The predicted octanol–water partition coefficient (Wildman–Crippen LogP) is 4.16. The third-order valence-electron chi connectivity index (χ3n) is 4.06. The molecule has 1 aromatic heterocycles. The average Bonchev–Trinajstić information content (AvgIpc) is 2.74. The highest BCUT2D eigenvalue weighted by atomic mass is 16.5. The molecule has 0 radical (unpaired) electrons. The zero-order valence-electron chi connectivity index (χ0n) is 15.9. The first-order valence-corrected chi connectivity index (χ1v) is 9.05. The highest BCUT2D eigenvalue weighted by Gasteiger charge is 2.08. The van der Waals surface area contributed by atoms with Gasteiger partial charge in [0.1, 0.15) is 17.2 Å². The van der Waals surface area contributed by atoms with E-state index in [9.17, 15) is 4.79 Å². The molecule has 144 valence electrons. The van der Waals surface area contributed by atoms with Crippen molar-refractivity contribution in [1.29, 1.82) is 0 Å². The van der Waals surface area contributed by atoms with Crippen LogP contribution in [0, 0.1) is 0 Å². The van der Waals surface area contributed by atoms with Crippen molar-refractivity contribution >= 4 is 17.3 Å². The van der Waals surface area contributed by atoms with E-state index in [2.05, 4.69) is 15.6 Å². The highest BCUT2D eigenvalue weighted by molar-refractivity contribution is 5.93. The molecule has 0 fully saturated rings. The molecule has 0 aliphatic rings. The maximum Gasteiger partial charge on any atom is 0.270 e. The molecule has 3 aromatic rings. The van der Waals surface area contributed by atoms with E-state index in [1.54, 1.807) is 19.4 Å². The number of hydrogen-bond acceptors (Lipinski definition) is 5. The second-order valence-corrected chi connectivity index (χ2v) is 6.04. The number of ether oxygens (including phenoxy) is 2. The highest BCUT2D eigenvalue weighted by Crippen LogP contribution is 2.20. The fourth-order valence-electron chi connectivity index (χ4n) is 2.62. The van der Waals surface area contributed by atoms with Gasteiger partial charge in [-0.2, -0.15) is 0 Å². The van der Waals surface area contributed by atoms with Gasteiger partial charge in [0, 0.05) is 24.1 Å². The van der Waals surface area contributed by atoms with Gasteiger partial charge in [0.2, 0.25) is 0 Å². The van der Waals surface area contributed by atoms with Crippen molar-refractivity contribution in [3.8, 4) is 11.5 Å². The van der Waals surface area contributed by atoms with E-state index in [0.29, 0.717) is 18.8 Å². The lowest BCUT2D eigenvalue weighted by Gasteiger charge is -2.10. The summed E-state index contributed by atoms with van der Waals surface area (Å²) in [5.74, 6) is 1.37. The number of benzene rings is 2. The first-order valence-electron chi connectivity index (χ1n) is 9.05. The molecule has 0 spiro atoms. The van der Waals surface area contributed by atoms with Crippen molar-refractivity contribution in [2.45, 2.75) is 13.5 Å². The van der Waals surface area contributed by atoms with Crippen LogP contribution >= 0.6 is 0 Å². The SMILES string of the molecule is CCOc1ccc(Nc2ccnc(C(=O)NCc3ccc(OC)cc3)c2)cc1. The van der Waals surface area contributed by atoms with Crippen LogP contribution in [-0.2, 0) is 6.54 Å². The van der Waals surface area contributed by atoms with Gasteiger partial charge in [0.15, 0.2) is 0 Å². The number of rotatable bonds is 8. The molecule has 0 unspecified atom stereocenters. The number of amides is 1. The Bertz CT molecular complexity index is 909. The Morgan fingerprint density at radius 1 is 0.964 bits per heavy atom. The Kier molecular flexibility index (Phi) is 6.46. The molecule has 1 amide bonds. The predicted molar refractivity (Wildman–Crippen MR) is 109 cm³/mol. The minimum atomic E-state index is -0.230. The van der Waals surface area contributed by atoms with Crippen molar-refractivity contribution in [3.63, 3.8) is 0 Å². The Morgan fingerprint density at radius 2 is 1.68 bits per heavy atom. The zero-order chi connectivity index (χ0) is 19.8. The number of pyridine rings is 1. The fraction of sp³-hybridized carbons (Fsp3) is 0.182. The van der Waals surface area contributed by atoms with Gasteiger partial charge in [0.25, 0.3) is 5.91 Å². The van der Waals surface area contributed by atoms with Crippen LogP contribution in [0.2, 0.25) is 0 Å². The molecular weight excluding hydrogens is 354 g/mol. The first kappa shape index (κ1) is 19.2. The van der Waals surface area contributed by atoms with Crippen LogP contribution in [0.15, 0.2) is 66.9 Å². The standard InChI is InChI=1S/C22H23N3O3/c1-3-28-20-10-6-17(7-11-20)25-18-12-13-23-21(14-18)22(26)24-15-16-4-8-19(27-2)9-5-16/h4-14H,3,15H2,1-2H3,(H,23,25)(H,24,26). The summed E-state index contributed by atoms with van der Waals surface area (Å²) >= 11 is 0. The Hall–Kier alpha value is -3.54. The van der Waals surface area contributed by atoms with E-state index in [1.807, 2.05) is 61.5 Å². The Labute approximate surface area is 164 Å². The number of nitrogens with one attached hydrogen (secondary N) is 2. The number of nitrogens with zero attached hydrogens (tertiary/aromatic N) is 1. The van der Waals surface area contributed by atoms with E-state index in [4.69, 9.17) is 9.47 Å². The number of methoxy groups -OCH3 is 1. The summed E-state index contributed by atoms with van der Waals surface area (Å²) in [6.45, 7) is 3.00. The third-order valence-corrected chi connectivity index (χ3v) is 4.06. The van der Waals surface area contributed by atoms with Crippen molar-refractivity contribution < 1.29 is 14.3 Å². The van der Waals surface area contributed by atoms with Gasteiger partial charge in [-0.1, -0.05) is 12.1 Å². The smallest absolute Gasteiger partial charge is 0.270 e. The molecule has 0 aliphatic heterocycles. The lowest BCUT2D eigenvalue weighted by molar-refractivity contribution is 0.0946. The van der Waals surface area contributed by atoms with E-state index in [1.165, 1.54) is 0 Å². The number of aromatic nitrogens is 1. The molecular formula is C22H23N3O3. The number of hydrogen-bond donors (Lipinski definition) is 2. The normalized spacial score (nSPS) is 10.2. The van der Waals surface area contributed by atoms with Gasteiger partial charge in [-0.3, -0.25) is 9.78 Å². The molecule has 2 aromatic carbocycles. The summed E-state index contributed by atoms with van der Waals surface area (Å²) in [5.41, 5.74) is 3.02. The molecule has 6 nitrogen and oxygen atoms in total. The topological polar surface area (TPSA) is 72.5 Å². The van der Waals surface area contributed by atoms with Crippen LogP contribution < -0.4 is 20.1 Å². The number of carbonyl (C=O) groups excluding carboxylic acids is 1. The van der Waals surface area contributed by atoms with Gasteiger partial charge >= 0.3 is 0 Å². The Balaban J connectivity index is 1.60. The van der Waals surface area contributed by atoms with Crippen molar-refractivity contribution in [3.05, 3.63) is 78.1 Å². The van der Waals surface area contributed by atoms with Crippen LogP contribution in [0.25, 0.3) is 0 Å². The fourth-order valence-corrected chi connectivity index (χ4v) is 2.62. The molecule has 0 saturated heterocycles. The summed E-state index contributed by atoms with van der Waals surface area (Å²) in [5, 5.41) is 6.14. The summed E-state index contributed by atoms with van der Waals surface area (Å²) in [6.07, 6.45) is 1.61. The van der Waals surface area contributed by atoms with Crippen LogP contribution in [-0.4, -0.2) is 24.6 Å². The molecule has 0 saturated carbocycles. The Morgan fingerprint density at radius 3 is 2.36 bits per heavy atom. The minimum absolute atomic E-state index is 0.230. The van der Waals surface area contributed by atoms with Crippen molar-refractivity contribution in [2.75, 3.05) is 19.0 Å². The van der Waals surface area contributed by atoms with E-state index >= 15 is 0 Å². The molecule has 2 N–H and O–H groups in total. The third kappa shape index (κ3) is 5.23. The van der Waals surface area contributed by atoms with Gasteiger partial charge in [0.05, 0.1) is 13.7 Å². The second kappa shape index (κ2) is 9.41. The number of carbonyl (C=O) groups is 1. The van der Waals surface area contributed by atoms with Crippen LogP contribution in [0.1, 0.15) is 23.0 Å². The van der Waals surface area contributed by atoms with Crippen molar-refractivity contribution in [1.82, 2.24) is 10.3 Å². The summed E-state index contributed by atoms with van der Waals surface area (Å²) < 4.78 is 10.6. The lowest BCUT2D eigenvalue weighted by Crippen LogP contribution is -2.23. The minimum Gasteiger partial charge on any atom is -0.497 e. The summed E-state index contributed by atoms with van der Waals surface area (Å²) in [6, 6.07) is 18.7. The van der Waals surface area contributed by atoms with Gasteiger partial charge in [-0.15, -0.1) is 0 Å². The van der Waals surface area contributed by atoms with Crippen molar-refractivity contribution in [2.24, 2.45) is 0 Å². The van der Waals surface area contributed by atoms with Gasteiger partial charge in [-0.25, -0.2) is 0 Å². The number of anilines is 2. The molecule has 6 heteroatoms. The molecule has 3 rings (SSSR count). The molecule has 1 heterocycles. The zero-order valence-corrected chi connectivity index (χ0v) is 15.9. The van der Waals surface area contributed by atoms with Crippen LogP contribution in [0.3, 0.4) is 0 Å². The van der Waals surface area contributed by atoms with E-state index in [-0.39, 0.29) is 5.91 Å². The quantitative estimate of drug-likeness (QED) is 0.617. The molecule has 0 aliphatic carbocycles. The first-order chi connectivity index (χ1) is 13.7. The van der Waals surface area contributed by atoms with E-state index in [0.717, 1.165) is 28.4 Å². The largest absolute Gasteiger partial charge is 0.497 e. The van der Waals surface area contributed by atoms with Gasteiger partial charge in [-0.05, 0) is 61.0 Å². The lowest BCUT2D eigenvalue weighted by atomic mass is 10.2. The van der Waals surface area contributed by atoms with Crippen LogP contribution in [0.4, 0.5) is 11.4 Å². The van der Waals surface area contributed by atoms with Gasteiger partial charge < -0.3 is 20.1 Å². The monoisotopic (exact) mass is 377 g/mol. The average molecular weight is 377 g/mol.